The van der Waals surface area contributed by atoms with Crippen LogP contribution in [0.15, 0.2) is 36.4 Å². The van der Waals surface area contributed by atoms with Crippen molar-refractivity contribution in [2.24, 2.45) is 0 Å². The van der Waals surface area contributed by atoms with E-state index in [0.29, 0.717) is 0 Å². The molecule has 0 N–H and O–H groups in total. The Hall–Kier alpha value is -0.196. The van der Waals surface area contributed by atoms with Crippen molar-refractivity contribution in [3.05, 3.63) is 48.0 Å². The van der Waals surface area contributed by atoms with Crippen molar-refractivity contribution >= 4 is 10.8 Å². The van der Waals surface area contributed by atoms with Crippen molar-refractivity contribution < 1.29 is 32.7 Å². The smallest absolute Gasteiger partial charge is 0 e. The minimum Gasteiger partial charge on any atom is -0.183 e. The van der Waals surface area contributed by atoms with Gasteiger partial charge >= 0.3 is 0 Å². The van der Waals surface area contributed by atoms with Gasteiger partial charge in [0.1, 0.15) is 0 Å². The molecule has 0 saturated carbocycles. The quantitative estimate of drug-likeness (QED) is 0.629. The number of fused-ring (bicyclic) bond motifs is 1. The fourth-order valence-corrected chi connectivity index (χ4v) is 1.25. The molecular formula is C13H15Y-. The zero-order valence-corrected chi connectivity index (χ0v) is 11.9. The van der Waals surface area contributed by atoms with Crippen LogP contribution in [0.5, 0.6) is 0 Å². The van der Waals surface area contributed by atoms with Crippen molar-refractivity contribution in [1.29, 1.82) is 0 Å². The summed E-state index contributed by atoms with van der Waals surface area (Å²) in [6, 6.07) is 15.5. The van der Waals surface area contributed by atoms with Crippen LogP contribution in [-0.4, -0.2) is 0 Å². The van der Waals surface area contributed by atoms with Crippen molar-refractivity contribution in [3.63, 3.8) is 0 Å². The second-order valence-electron chi connectivity index (χ2n) is 2.78. The summed E-state index contributed by atoms with van der Waals surface area (Å²) < 4.78 is 0. The predicted molar refractivity (Wildman–Crippen MR) is 58.9 cm³/mol. The Labute approximate surface area is 112 Å². The molecule has 71 valence electrons. The van der Waals surface area contributed by atoms with Crippen molar-refractivity contribution in [1.82, 2.24) is 0 Å². The third kappa shape index (κ3) is 3.51. The van der Waals surface area contributed by atoms with Gasteiger partial charge in [-0.05, 0) is 6.92 Å². The molecule has 14 heavy (non-hydrogen) atoms. The molecule has 2 aromatic carbocycles. The van der Waals surface area contributed by atoms with Crippen LogP contribution in [0, 0.1) is 13.0 Å². The van der Waals surface area contributed by atoms with Crippen LogP contribution < -0.4 is 0 Å². The predicted octanol–water partition coefficient (Wildman–Crippen LogP) is 3.97. The van der Waals surface area contributed by atoms with Gasteiger partial charge in [0.25, 0.3) is 0 Å². The van der Waals surface area contributed by atoms with Gasteiger partial charge < -0.3 is 0 Å². The van der Waals surface area contributed by atoms with Crippen LogP contribution in [0.25, 0.3) is 10.8 Å². The molecule has 0 bridgehead atoms. The van der Waals surface area contributed by atoms with Crippen molar-refractivity contribution in [2.45, 2.75) is 20.8 Å². The molecule has 0 fully saturated rings. The monoisotopic (exact) mass is 260 g/mol. The second-order valence-corrected chi connectivity index (χ2v) is 2.78. The van der Waals surface area contributed by atoms with Gasteiger partial charge in [-0.3, -0.25) is 0 Å². The van der Waals surface area contributed by atoms with Gasteiger partial charge in [-0.1, -0.05) is 31.5 Å². The first kappa shape index (κ1) is 13.8. The van der Waals surface area contributed by atoms with Crippen LogP contribution >= 0.6 is 0 Å². The van der Waals surface area contributed by atoms with Gasteiger partial charge in [0, 0.05) is 32.7 Å². The van der Waals surface area contributed by atoms with Gasteiger partial charge in [-0.2, -0.15) is 24.3 Å². The van der Waals surface area contributed by atoms with E-state index in [1.54, 1.807) is 0 Å². The van der Waals surface area contributed by atoms with Gasteiger partial charge in [-0.25, -0.2) is 0 Å². The normalized spacial score (nSPS) is 8.50. The molecule has 0 nitrogen and oxygen atoms in total. The molecule has 0 saturated heterocycles. The molecule has 0 aliphatic rings. The number of benzene rings is 2. The van der Waals surface area contributed by atoms with E-state index in [-0.39, 0.29) is 32.7 Å². The maximum Gasteiger partial charge on any atom is 0 e. The second kappa shape index (κ2) is 7.14. The molecular weight excluding hydrogens is 245 g/mol. The van der Waals surface area contributed by atoms with E-state index in [0.717, 1.165) is 0 Å². The summed E-state index contributed by atoms with van der Waals surface area (Å²) in [5.74, 6) is 0. The van der Waals surface area contributed by atoms with Crippen LogP contribution in [-0.2, 0) is 32.7 Å². The molecule has 0 aromatic heterocycles. The van der Waals surface area contributed by atoms with Gasteiger partial charge in [0.15, 0.2) is 0 Å². The molecule has 1 heteroatoms. The fraction of sp³-hybridized carbons (Fsp3) is 0.231. The van der Waals surface area contributed by atoms with E-state index >= 15 is 0 Å². The van der Waals surface area contributed by atoms with E-state index in [4.69, 9.17) is 0 Å². The van der Waals surface area contributed by atoms with E-state index in [2.05, 4.69) is 37.3 Å². The summed E-state index contributed by atoms with van der Waals surface area (Å²) in [4.78, 5) is 0. The van der Waals surface area contributed by atoms with Gasteiger partial charge in [-0.15, -0.1) is 16.8 Å². The standard InChI is InChI=1S/C11H9.C2H6.Y/c1-9-6-7-10-4-2-3-5-11(10)8-9;1-2;/h2,4-8H,1H3;1-2H3;/q-1;;. The van der Waals surface area contributed by atoms with Crippen molar-refractivity contribution in [3.8, 4) is 0 Å². The Balaban J connectivity index is 0.000000531. The Kier molecular flexibility index (Phi) is 7.04. The van der Waals surface area contributed by atoms with E-state index in [1.807, 2.05) is 26.0 Å². The summed E-state index contributed by atoms with van der Waals surface area (Å²) in [5, 5.41) is 2.56. The van der Waals surface area contributed by atoms with Crippen LogP contribution in [0.4, 0.5) is 0 Å². The molecule has 0 aliphatic carbocycles. The van der Waals surface area contributed by atoms with Gasteiger partial charge in [0.2, 0.25) is 0 Å². The molecule has 2 rings (SSSR count). The molecule has 0 amide bonds. The first-order chi connectivity index (χ1) is 6.36. The maximum absolute atomic E-state index is 3.06. The minimum absolute atomic E-state index is 0. The Morgan fingerprint density at radius 1 is 1.00 bits per heavy atom. The SMILES string of the molecule is CC.Cc1ccc2cc[c-]cc2c1.[Y]. The Morgan fingerprint density at radius 2 is 1.71 bits per heavy atom. The van der Waals surface area contributed by atoms with E-state index in [9.17, 15) is 0 Å². The summed E-state index contributed by atoms with van der Waals surface area (Å²) in [7, 11) is 0. The zero-order chi connectivity index (χ0) is 9.68. The summed E-state index contributed by atoms with van der Waals surface area (Å²) >= 11 is 0. The largest absolute Gasteiger partial charge is 0.183 e. The fourth-order valence-electron chi connectivity index (χ4n) is 1.25. The van der Waals surface area contributed by atoms with Crippen molar-refractivity contribution in [2.75, 3.05) is 0 Å². The molecule has 0 aliphatic heterocycles. The number of hydrogen-bond acceptors (Lipinski definition) is 0. The molecule has 0 heterocycles. The first-order valence-electron chi connectivity index (χ1n) is 4.73. The molecule has 1 radical (unpaired) electrons. The average Bonchev–Trinajstić information content (AvgIpc) is 2.21. The van der Waals surface area contributed by atoms with Crippen LogP contribution in [0.1, 0.15) is 19.4 Å². The number of rotatable bonds is 0. The first-order valence-corrected chi connectivity index (χ1v) is 4.73. The third-order valence-electron chi connectivity index (χ3n) is 1.84. The number of hydrogen-bond donors (Lipinski definition) is 0. The summed E-state index contributed by atoms with van der Waals surface area (Å²) in [6.45, 7) is 6.10. The maximum atomic E-state index is 3.06. The van der Waals surface area contributed by atoms with Crippen LogP contribution in [0.2, 0.25) is 0 Å². The summed E-state index contributed by atoms with van der Waals surface area (Å²) in [5.41, 5.74) is 1.30. The van der Waals surface area contributed by atoms with Gasteiger partial charge in [0.05, 0.1) is 0 Å². The molecule has 0 atom stereocenters. The zero-order valence-electron chi connectivity index (χ0n) is 9.04. The summed E-state index contributed by atoms with van der Waals surface area (Å²) in [6.07, 6.45) is 0. The topological polar surface area (TPSA) is 0 Å². The average molecular weight is 260 g/mol. The van der Waals surface area contributed by atoms with E-state index in [1.165, 1.54) is 16.3 Å². The van der Waals surface area contributed by atoms with Crippen LogP contribution in [0.3, 0.4) is 0 Å². The Morgan fingerprint density at radius 3 is 2.43 bits per heavy atom. The minimum atomic E-state index is 0. The molecule has 0 spiro atoms. The third-order valence-corrected chi connectivity index (χ3v) is 1.84. The van der Waals surface area contributed by atoms with E-state index < -0.39 is 0 Å². The Bertz CT molecular complexity index is 380. The molecule has 0 unspecified atom stereocenters. The number of aryl methyl sites for hydroxylation is 1. The molecule has 2 aromatic rings.